The summed E-state index contributed by atoms with van der Waals surface area (Å²) in [6, 6.07) is 5.41. The third-order valence-corrected chi connectivity index (χ3v) is 5.13. The molecule has 0 unspecified atom stereocenters. The summed E-state index contributed by atoms with van der Waals surface area (Å²) in [6.45, 7) is 1.36. The van der Waals surface area contributed by atoms with Crippen LogP contribution in [0.5, 0.6) is 11.5 Å². The van der Waals surface area contributed by atoms with Gasteiger partial charge in [0.15, 0.2) is 23.3 Å². The number of hydrogen-bond donors (Lipinski definition) is 4. The van der Waals surface area contributed by atoms with Crippen molar-refractivity contribution in [3.63, 3.8) is 0 Å². The van der Waals surface area contributed by atoms with Crippen LogP contribution in [0.4, 0.5) is 13.6 Å². The van der Waals surface area contributed by atoms with Crippen molar-refractivity contribution in [3.8, 4) is 11.5 Å². The molecule has 2 rings (SSSR count). The minimum atomic E-state index is -4.13. The fraction of sp³-hybridized carbons (Fsp3) is 0.105. The van der Waals surface area contributed by atoms with Gasteiger partial charge in [-0.2, -0.15) is 4.99 Å². The second kappa shape index (κ2) is 11.2. The van der Waals surface area contributed by atoms with E-state index in [0.29, 0.717) is 0 Å². The van der Waals surface area contributed by atoms with E-state index < -0.39 is 45.3 Å². The first-order valence-electron chi connectivity index (χ1n) is 8.76. The number of sulfonamides is 1. The van der Waals surface area contributed by atoms with Crippen LogP contribution in [0.1, 0.15) is 12.5 Å². The van der Waals surface area contributed by atoms with Gasteiger partial charge in [0.05, 0.1) is 4.90 Å². The molecule has 2 aromatic rings. The van der Waals surface area contributed by atoms with Crippen LogP contribution in [0.3, 0.4) is 0 Å². The van der Waals surface area contributed by atoms with Gasteiger partial charge in [0.2, 0.25) is 0 Å². The number of ether oxygens (including phenoxy) is 1. The van der Waals surface area contributed by atoms with E-state index in [9.17, 15) is 26.8 Å². The molecule has 10 nitrogen and oxygen atoms in total. The Bertz CT molecular complexity index is 1190. The van der Waals surface area contributed by atoms with Crippen LogP contribution < -0.4 is 26.2 Å². The maximum absolute atomic E-state index is 14.4. The van der Waals surface area contributed by atoms with Crippen molar-refractivity contribution in [1.82, 2.24) is 10.0 Å². The molecule has 14 heteroatoms. The standard InChI is InChI=1S/C19H19F2N5O5S.ClH/c1-10(17(27)25-18(22)23)7-11-8-14(20)16(15(21)9-11)31-12-3-5-13(6-4-12)32(29,30)26-19(28)24-2;/h3-9H,1-2H3,(H2,24,26,28)(H4,22,23,25,27);1H/b10-7+;. The van der Waals surface area contributed by atoms with E-state index >= 15 is 0 Å². The third kappa shape index (κ3) is 7.43. The summed E-state index contributed by atoms with van der Waals surface area (Å²) in [5.41, 5.74) is 10.3. The van der Waals surface area contributed by atoms with Crippen LogP contribution in [0, 0.1) is 11.6 Å². The highest BCUT2D eigenvalue weighted by Crippen LogP contribution is 2.30. The first-order chi connectivity index (χ1) is 14.9. The maximum Gasteiger partial charge on any atom is 0.328 e. The van der Waals surface area contributed by atoms with Crippen LogP contribution >= 0.6 is 12.4 Å². The van der Waals surface area contributed by atoms with Gasteiger partial charge in [0.25, 0.3) is 15.9 Å². The van der Waals surface area contributed by atoms with Crippen molar-refractivity contribution in [2.45, 2.75) is 11.8 Å². The number of hydrogen-bond acceptors (Lipinski definition) is 5. The summed E-state index contributed by atoms with van der Waals surface area (Å²) in [5.74, 6) is -4.18. The minimum Gasteiger partial charge on any atom is -0.451 e. The van der Waals surface area contributed by atoms with Crippen molar-refractivity contribution in [2.75, 3.05) is 7.05 Å². The first-order valence-corrected chi connectivity index (χ1v) is 10.2. The Balaban J connectivity index is 0.00000544. The smallest absolute Gasteiger partial charge is 0.328 e. The molecule has 0 saturated heterocycles. The van der Waals surface area contributed by atoms with E-state index in [1.54, 1.807) is 4.72 Å². The normalized spacial score (nSPS) is 11.1. The molecule has 0 heterocycles. The highest BCUT2D eigenvalue weighted by molar-refractivity contribution is 7.90. The van der Waals surface area contributed by atoms with Gasteiger partial charge >= 0.3 is 6.03 Å². The summed E-state index contributed by atoms with van der Waals surface area (Å²) in [4.78, 5) is 26.0. The number of guanidine groups is 1. The fourth-order valence-electron chi connectivity index (χ4n) is 2.31. The molecule has 0 saturated carbocycles. The SMILES string of the molecule is CNC(=O)NS(=O)(=O)c1ccc(Oc2c(F)cc(/C=C(\C)C(=O)N=C(N)N)cc2F)cc1.Cl. The molecule has 0 aliphatic rings. The van der Waals surface area contributed by atoms with Gasteiger partial charge in [-0.25, -0.2) is 26.7 Å². The number of amides is 3. The molecule has 0 radical (unpaired) electrons. The lowest BCUT2D eigenvalue weighted by atomic mass is 10.1. The molecule has 3 amide bonds. The fourth-order valence-corrected chi connectivity index (χ4v) is 3.27. The van der Waals surface area contributed by atoms with Crippen molar-refractivity contribution in [2.24, 2.45) is 16.5 Å². The number of carbonyl (C=O) groups excluding carboxylic acids is 2. The zero-order valence-corrected chi connectivity index (χ0v) is 18.9. The molecule has 0 aliphatic heterocycles. The van der Waals surface area contributed by atoms with Gasteiger partial charge < -0.3 is 21.5 Å². The summed E-state index contributed by atoms with van der Waals surface area (Å²) in [5, 5.41) is 2.10. The Labute approximate surface area is 194 Å². The summed E-state index contributed by atoms with van der Waals surface area (Å²) in [7, 11) is -2.89. The molecular formula is C19H20ClF2N5O5S. The number of carbonyl (C=O) groups is 2. The highest BCUT2D eigenvalue weighted by atomic mass is 35.5. The second-order valence-electron chi connectivity index (χ2n) is 6.24. The number of nitrogens with two attached hydrogens (primary N) is 2. The van der Waals surface area contributed by atoms with E-state index in [-0.39, 0.29) is 34.2 Å². The van der Waals surface area contributed by atoms with E-state index in [1.807, 2.05) is 0 Å². The molecule has 2 aromatic carbocycles. The molecule has 178 valence electrons. The largest absolute Gasteiger partial charge is 0.451 e. The van der Waals surface area contributed by atoms with Crippen LogP contribution in [0.2, 0.25) is 0 Å². The van der Waals surface area contributed by atoms with Crippen molar-refractivity contribution in [1.29, 1.82) is 0 Å². The quantitative estimate of drug-likeness (QED) is 0.266. The number of nitrogens with one attached hydrogen (secondary N) is 2. The molecule has 33 heavy (non-hydrogen) atoms. The van der Waals surface area contributed by atoms with Crippen LogP contribution in [0.15, 0.2) is 51.9 Å². The van der Waals surface area contributed by atoms with Gasteiger partial charge in [0.1, 0.15) is 5.75 Å². The van der Waals surface area contributed by atoms with Gasteiger partial charge in [0, 0.05) is 12.6 Å². The zero-order chi connectivity index (χ0) is 24.1. The van der Waals surface area contributed by atoms with Gasteiger partial charge in [-0.15, -0.1) is 12.4 Å². The maximum atomic E-state index is 14.4. The number of aliphatic imine (C=N–C) groups is 1. The second-order valence-corrected chi connectivity index (χ2v) is 7.92. The molecule has 0 fully saturated rings. The molecule has 6 N–H and O–H groups in total. The van der Waals surface area contributed by atoms with Crippen LogP contribution in [0.25, 0.3) is 6.08 Å². The predicted octanol–water partition coefficient (Wildman–Crippen LogP) is 2.00. The Morgan fingerprint density at radius 2 is 1.64 bits per heavy atom. The van der Waals surface area contributed by atoms with Crippen LogP contribution in [-0.4, -0.2) is 33.4 Å². The number of rotatable bonds is 6. The number of urea groups is 1. The Hall–Kier alpha value is -3.71. The topological polar surface area (TPSA) is 166 Å². The van der Waals surface area contributed by atoms with Crippen molar-refractivity contribution in [3.05, 3.63) is 59.2 Å². The molecule has 0 aromatic heterocycles. The molecule has 0 spiro atoms. The Kier molecular flexibility index (Phi) is 9.31. The summed E-state index contributed by atoms with van der Waals surface area (Å²) >= 11 is 0. The molecule has 0 atom stereocenters. The van der Waals surface area contributed by atoms with Crippen LogP contribution in [-0.2, 0) is 14.8 Å². The molecular weight excluding hydrogens is 484 g/mol. The summed E-state index contributed by atoms with van der Waals surface area (Å²) in [6.07, 6.45) is 1.18. The first kappa shape index (κ1) is 27.3. The summed E-state index contributed by atoms with van der Waals surface area (Å²) < 4.78 is 59.8. The monoisotopic (exact) mass is 503 g/mol. The average Bonchev–Trinajstić information content (AvgIpc) is 2.70. The number of benzene rings is 2. The van der Waals surface area contributed by atoms with E-state index in [4.69, 9.17) is 16.2 Å². The van der Waals surface area contributed by atoms with Gasteiger partial charge in [-0.3, -0.25) is 4.79 Å². The average molecular weight is 504 g/mol. The third-order valence-electron chi connectivity index (χ3n) is 3.78. The number of nitrogens with zero attached hydrogens (tertiary/aromatic N) is 1. The van der Waals surface area contributed by atoms with Gasteiger partial charge in [-0.1, -0.05) is 0 Å². The van der Waals surface area contributed by atoms with Crippen molar-refractivity contribution < 1.29 is 31.5 Å². The van der Waals surface area contributed by atoms with Gasteiger partial charge in [-0.05, 0) is 55.0 Å². The van der Waals surface area contributed by atoms with E-state index in [1.165, 1.54) is 20.0 Å². The minimum absolute atomic E-state index is 0. The Morgan fingerprint density at radius 3 is 2.12 bits per heavy atom. The highest BCUT2D eigenvalue weighted by Gasteiger charge is 2.18. The predicted molar refractivity (Wildman–Crippen MR) is 119 cm³/mol. The number of halogens is 3. The molecule has 0 aliphatic carbocycles. The zero-order valence-electron chi connectivity index (χ0n) is 17.3. The van der Waals surface area contributed by atoms with E-state index in [2.05, 4.69) is 10.3 Å². The Morgan fingerprint density at radius 1 is 1.09 bits per heavy atom. The van der Waals surface area contributed by atoms with Crippen molar-refractivity contribution >= 4 is 46.4 Å². The van der Waals surface area contributed by atoms with E-state index in [0.717, 1.165) is 36.4 Å². The lowest BCUT2D eigenvalue weighted by Crippen LogP contribution is -2.37. The molecule has 0 bridgehead atoms. The lowest BCUT2D eigenvalue weighted by Gasteiger charge is -2.10. The lowest BCUT2D eigenvalue weighted by molar-refractivity contribution is -0.114.